The lowest BCUT2D eigenvalue weighted by Gasteiger charge is -2.08. The quantitative estimate of drug-likeness (QED) is 0.675. The highest BCUT2D eigenvalue weighted by molar-refractivity contribution is 6.33. The Morgan fingerprint density at radius 2 is 2.05 bits per heavy atom. The summed E-state index contributed by atoms with van der Waals surface area (Å²) in [5.74, 6) is -1.92. The summed E-state index contributed by atoms with van der Waals surface area (Å²) in [6.45, 7) is -0.00193. The SMILES string of the molecule is O=C(CNC(=O)c1c(F)cccc1Cl)NCCCO. The average Bonchev–Trinajstić information content (AvgIpc) is 2.36. The summed E-state index contributed by atoms with van der Waals surface area (Å²) in [6.07, 6.45) is 0.429. The van der Waals surface area contributed by atoms with Gasteiger partial charge in [0.05, 0.1) is 17.1 Å². The minimum atomic E-state index is -0.750. The van der Waals surface area contributed by atoms with E-state index in [1.165, 1.54) is 12.1 Å². The average molecular weight is 289 g/mol. The van der Waals surface area contributed by atoms with Gasteiger partial charge in [0.25, 0.3) is 5.91 Å². The number of carbonyl (C=O) groups is 2. The maximum atomic E-state index is 13.4. The van der Waals surface area contributed by atoms with Gasteiger partial charge in [-0.2, -0.15) is 0 Å². The van der Waals surface area contributed by atoms with E-state index in [2.05, 4.69) is 10.6 Å². The van der Waals surface area contributed by atoms with Crippen molar-refractivity contribution in [2.24, 2.45) is 0 Å². The van der Waals surface area contributed by atoms with Crippen LogP contribution in [0.1, 0.15) is 16.8 Å². The Morgan fingerprint density at radius 1 is 1.32 bits per heavy atom. The van der Waals surface area contributed by atoms with Crippen molar-refractivity contribution < 1.29 is 19.1 Å². The minimum Gasteiger partial charge on any atom is -0.396 e. The molecule has 0 saturated heterocycles. The number of benzene rings is 1. The van der Waals surface area contributed by atoms with Crippen molar-refractivity contribution >= 4 is 23.4 Å². The molecule has 19 heavy (non-hydrogen) atoms. The maximum absolute atomic E-state index is 13.4. The summed E-state index contributed by atoms with van der Waals surface area (Å²) in [5.41, 5.74) is -0.285. The molecule has 3 N–H and O–H groups in total. The van der Waals surface area contributed by atoms with Crippen LogP contribution < -0.4 is 10.6 Å². The van der Waals surface area contributed by atoms with Gasteiger partial charge in [0.1, 0.15) is 5.82 Å². The zero-order valence-electron chi connectivity index (χ0n) is 10.1. The second-order valence-electron chi connectivity index (χ2n) is 3.71. The Kier molecular flexibility index (Phi) is 6.24. The van der Waals surface area contributed by atoms with Gasteiger partial charge in [-0.3, -0.25) is 9.59 Å². The normalized spacial score (nSPS) is 10.1. The first kappa shape index (κ1) is 15.4. The number of aliphatic hydroxyl groups is 1. The highest BCUT2D eigenvalue weighted by atomic mass is 35.5. The molecule has 0 heterocycles. The van der Waals surface area contributed by atoms with Gasteiger partial charge in [-0.15, -0.1) is 0 Å². The third-order valence-electron chi connectivity index (χ3n) is 2.26. The molecular formula is C12H14ClFN2O3. The van der Waals surface area contributed by atoms with Crippen LogP contribution in [-0.4, -0.2) is 36.6 Å². The molecule has 5 nitrogen and oxygen atoms in total. The summed E-state index contributed by atoms with van der Waals surface area (Å²) in [4.78, 5) is 23.0. The number of amides is 2. The van der Waals surface area contributed by atoms with Crippen molar-refractivity contribution in [1.29, 1.82) is 0 Å². The van der Waals surface area contributed by atoms with Gasteiger partial charge in [-0.25, -0.2) is 4.39 Å². The van der Waals surface area contributed by atoms with E-state index in [9.17, 15) is 14.0 Å². The molecule has 0 unspecified atom stereocenters. The van der Waals surface area contributed by atoms with Gasteiger partial charge in [0, 0.05) is 13.2 Å². The van der Waals surface area contributed by atoms with Crippen LogP contribution in [0.15, 0.2) is 18.2 Å². The van der Waals surface area contributed by atoms with Gasteiger partial charge in [0.15, 0.2) is 0 Å². The Balaban J connectivity index is 2.49. The first-order chi connectivity index (χ1) is 9.06. The van der Waals surface area contributed by atoms with E-state index in [1.807, 2.05) is 0 Å². The van der Waals surface area contributed by atoms with Gasteiger partial charge < -0.3 is 15.7 Å². The largest absolute Gasteiger partial charge is 0.396 e. The molecule has 0 aromatic heterocycles. The molecule has 0 aliphatic carbocycles. The van der Waals surface area contributed by atoms with E-state index < -0.39 is 17.6 Å². The number of hydrogen-bond acceptors (Lipinski definition) is 3. The molecule has 0 aliphatic rings. The smallest absolute Gasteiger partial charge is 0.256 e. The van der Waals surface area contributed by atoms with Crippen molar-refractivity contribution in [2.45, 2.75) is 6.42 Å². The Morgan fingerprint density at radius 3 is 2.68 bits per heavy atom. The van der Waals surface area contributed by atoms with Crippen LogP contribution in [0.4, 0.5) is 4.39 Å². The molecule has 1 aromatic rings. The predicted molar refractivity (Wildman–Crippen MR) is 68.5 cm³/mol. The third kappa shape index (κ3) is 4.84. The lowest BCUT2D eigenvalue weighted by Crippen LogP contribution is -2.37. The summed E-state index contributed by atoms with van der Waals surface area (Å²) < 4.78 is 13.4. The number of carbonyl (C=O) groups excluding carboxylic acids is 2. The monoisotopic (exact) mass is 288 g/mol. The third-order valence-corrected chi connectivity index (χ3v) is 2.57. The van der Waals surface area contributed by atoms with Crippen LogP contribution in [0.2, 0.25) is 5.02 Å². The van der Waals surface area contributed by atoms with Crippen LogP contribution >= 0.6 is 11.6 Å². The fourth-order valence-electron chi connectivity index (χ4n) is 1.33. The molecule has 0 saturated carbocycles. The molecule has 0 spiro atoms. The zero-order valence-corrected chi connectivity index (χ0v) is 10.8. The van der Waals surface area contributed by atoms with E-state index >= 15 is 0 Å². The molecule has 7 heteroatoms. The van der Waals surface area contributed by atoms with E-state index in [0.29, 0.717) is 13.0 Å². The van der Waals surface area contributed by atoms with Gasteiger partial charge >= 0.3 is 0 Å². The minimum absolute atomic E-state index is 0.0156. The standard InChI is InChI=1S/C12H14ClFN2O3/c13-8-3-1-4-9(14)11(8)12(19)16-7-10(18)15-5-2-6-17/h1,3-4,17H,2,5-7H2,(H,15,18)(H,16,19). The maximum Gasteiger partial charge on any atom is 0.256 e. The van der Waals surface area contributed by atoms with Crippen LogP contribution in [0, 0.1) is 5.82 Å². The lowest BCUT2D eigenvalue weighted by molar-refractivity contribution is -0.120. The zero-order chi connectivity index (χ0) is 14.3. The van der Waals surface area contributed by atoms with Crippen LogP contribution in [0.3, 0.4) is 0 Å². The Hall–Kier alpha value is -1.66. The number of halogens is 2. The van der Waals surface area contributed by atoms with E-state index in [1.54, 1.807) is 0 Å². The van der Waals surface area contributed by atoms with Crippen molar-refractivity contribution in [3.05, 3.63) is 34.6 Å². The second kappa shape index (κ2) is 7.70. The highest BCUT2D eigenvalue weighted by Gasteiger charge is 2.16. The number of nitrogens with one attached hydrogen (secondary N) is 2. The molecule has 0 fully saturated rings. The molecule has 0 bridgehead atoms. The van der Waals surface area contributed by atoms with E-state index in [0.717, 1.165) is 6.07 Å². The van der Waals surface area contributed by atoms with Crippen molar-refractivity contribution in [3.8, 4) is 0 Å². The van der Waals surface area contributed by atoms with Gasteiger partial charge in [-0.05, 0) is 18.6 Å². The number of hydrogen-bond donors (Lipinski definition) is 3. The van der Waals surface area contributed by atoms with Crippen molar-refractivity contribution in [1.82, 2.24) is 10.6 Å². The molecule has 104 valence electrons. The highest BCUT2D eigenvalue weighted by Crippen LogP contribution is 2.18. The fourth-order valence-corrected chi connectivity index (χ4v) is 1.58. The molecule has 0 atom stereocenters. The second-order valence-corrected chi connectivity index (χ2v) is 4.11. The molecule has 0 aliphatic heterocycles. The van der Waals surface area contributed by atoms with Crippen LogP contribution in [-0.2, 0) is 4.79 Å². The van der Waals surface area contributed by atoms with Crippen LogP contribution in [0.5, 0.6) is 0 Å². The van der Waals surface area contributed by atoms with Gasteiger partial charge in [-0.1, -0.05) is 17.7 Å². The number of aliphatic hydroxyl groups excluding tert-OH is 1. The number of rotatable bonds is 6. The van der Waals surface area contributed by atoms with Crippen molar-refractivity contribution in [3.63, 3.8) is 0 Å². The first-order valence-electron chi connectivity index (χ1n) is 5.66. The van der Waals surface area contributed by atoms with Gasteiger partial charge in [0.2, 0.25) is 5.91 Å². The summed E-state index contributed by atoms with van der Waals surface area (Å²) in [7, 11) is 0. The molecule has 1 rings (SSSR count). The first-order valence-corrected chi connectivity index (χ1v) is 6.04. The predicted octanol–water partition coefficient (Wildman–Crippen LogP) is 0.708. The Bertz CT molecular complexity index is 448. The topological polar surface area (TPSA) is 78.4 Å². The Labute approximate surface area is 114 Å². The van der Waals surface area contributed by atoms with E-state index in [-0.39, 0.29) is 23.7 Å². The lowest BCUT2D eigenvalue weighted by atomic mass is 10.2. The van der Waals surface area contributed by atoms with Crippen LogP contribution in [0.25, 0.3) is 0 Å². The summed E-state index contributed by atoms with van der Waals surface area (Å²) in [5, 5.41) is 13.3. The summed E-state index contributed by atoms with van der Waals surface area (Å²) >= 11 is 5.71. The molecule has 2 amide bonds. The molecular weight excluding hydrogens is 275 g/mol. The van der Waals surface area contributed by atoms with Crippen molar-refractivity contribution in [2.75, 3.05) is 19.7 Å². The molecule has 0 radical (unpaired) electrons. The fraction of sp³-hybridized carbons (Fsp3) is 0.333. The molecule has 1 aromatic carbocycles. The summed E-state index contributed by atoms with van der Waals surface area (Å²) in [6, 6.07) is 3.89. The van der Waals surface area contributed by atoms with E-state index in [4.69, 9.17) is 16.7 Å².